The molecule has 4 aliphatic carbocycles. The summed E-state index contributed by atoms with van der Waals surface area (Å²) in [5.41, 5.74) is -2.63. The summed E-state index contributed by atoms with van der Waals surface area (Å²) < 4.78 is 36.6. The van der Waals surface area contributed by atoms with Crippen LogP contribution in [0.1, 0.15) is 73.1 Å². The van der Waals surface area contributed by atoms with Gasteiger partial charge in [0.2, 0.25) is 6.10 Å². The molecule has 8 rings (SSSR count). The third kappa shape index (κ3) is 3.40. The minimum Gasteiger partial charge on any atom is -0.481 e. The maximum absolute atomic E-state index is 13.8. The van der Waals surface area contributed by atoms with Crippen molar-refractivity contribution in [1.29, 1.82) is 0 Å². The quantitative estimate of drug-likeness (QED) is 0.223. The molecule has 4 saturated heterocycles. The van der Waals surface area contributed by atoms with E-state index in [2.05, 4.69) is 13.0 Å². The summed E-state index contributed by atoms with van der Waals surface area (Å²) in [7, 11) is 0. The fraction of sp³-hybridized carbons (Fsp3) is 0.812. The van der Waals surface area contributed by atoms with Crippen molar-refractivity contribution in [2.75, 3.05) is 6.61 Å². The zero-order valence-electron chi connectivity index (χ0n) is 25.4. The van der Waals surface area contributed by atoms with Crippen molar-refractivity contribution < 1.29 is 52.7 Å². The van der Waals surface area contributed by atoms with Crippen LogP contribution in [0.2, 0.25) is 0 Å². The van der Waals surface area contributed by atoms with Crippen LogP contribution in [0.15, 0.2) is 11.6 Å². The first-order valence-corrected chi connectivity index (χ1v) is 15.9. The molecule has 0 aromatic rings. The largest absolute Gasteiger partial charge is 0.481 e. The van der Waals surface area contributed by atoms with E-state index in [1.165, 1.54) is 0 Å². The van der Waals surface area contributed by atoms with Gasteiger partial charge in [0.1, 0.15) is 17.8 Å². The van der Waals surface area contributed by atoms with Crippen LogP contribution in [0.25, 0.3) is 0 Å². The molecule has 8 aliphatic rings. The topological polar surface area (TPSA) is 144 Å². The smallest absolute Gasteiger partial charge is 0.328 e. The third-order valence-corrected chi connectivity index (χ3v) is 12.2. The van der Waals surface area contributed by atoms with Gasteiger partial charge in [-0.15, -0.1) is 0 Å². The Labute approximate surface area is 250 Å². The lowest BCUT2D eigenvalue weighted by Crippen LogP contribution is -2.66. The van der Waals surface area contributed by atoms with Crippen LogP contribution < -0.4 is 0 Å². The predicted molar refractivity (Wildman–Crippen MR) is 146 cm³/mol. The molecule has 1 N–H and O–H groups in total. The number of carbonyl (C=O) groups is 4. The number of esters is 2. The number of ether oxygens (including phenoxy) is 6. The summed E-state index contributed by atoms with van der Waals surface area (Å²) in [6.45, 7) is 9.44. The van der Waals surface area contributed by atoms with Crippen molar-refractivity contribution in [3.8, 4) is 0 Å². The van der Waals surface area contributed by atoms with Crippen LogP contribution in [-0.2, 0) is 47.6 Å². The SMILES string of the molecule is CCC(=O)OC1C2OC3(OCC45CC6C(C)CCC6C6(C=O)CC4C=C(C(C)C)C65C(=O)O)OC2OC1C3OC(=O)CC. The molecule has 0 aromatic heterocycles. The predicted octanol–water partition coefficient (Wildman–Crippen LogP) is 3.38. The van der Waals surface area contributed by atoms with E-state index in [1.807, 2.05) is 13.8 Å². The first-order chi connectivity index (χ1) is 20.4. The van der Waals surface area contributed by atoms with E-state index in [4.69, 9.17) is 28.4 Å². The van der Waals surface area contributed by atoms with Crippen LogP contribution in [0.4, 0.5) is 0 Å². The molecule has 0 radical (unpaired) electrons. The molecule has 13 unspecified atom stereocenters. The minimum atomic E-state index is -1.87. The Bertz CT molecular complexity index is 1280. The van der Waals surface area contributed by atoms with Gasteiger partial charge >= 0.3 is 23.9 Å². The highest BCUT2D eigenvalue weighted by Gasteiger charge is 2.85. The Morgan fingerprint density at radius 2 is 1.79 bits per heavy atom. The van der Waals surface area contributed by atoms with Gasteiger partial charge in [-0.05, 0) is 48.9 Å². The zero-order valence-corrected chi connectivity index (χ0v) is 25.4. The van der Waals surface area contributed by atoms with Gasteiger partial charge in [-0.25, -0.2) is 0 Å². The Morgan fingerprint density at radius 1 is 1.07 bits per heavy atom. The van der Waals surface area contributed by atoms with E-state index in [-0.39, 0.29) is 43.1 Å². The van der Waals surface area contributed by atoms with Crippen LogP contribution in [-0.4, -0.2) is 72.6 Å². The first kappa shape index (κ1) is 29.4. The maximum atomic E-state index is 13.8. The molecular formula is C32H42O11. The van der Waals surface area contributed by atoms with E-state index >= 15 is 0 Å². The van der Waals surface area contributed by atoms with E-state index in [1.54, 1.807) is 13.8 Å². The number of fused-ring (bicyclic) bond motifs is 2. The van der Waals surface area contributed by atoms with Gasteiger partial charge in [-0.1, -0.05) is 52.7 Å². The van der Waals surface area contributed by atoms with Crippen molar-refractivity contribution in [3.63, 3.8) is 0 Å². The molecule has 11 nitrogen and oxygen atoms in total. The molecule has 43 heavy (non-hydrogen) atoms. The minimum absolute atomic E-state index is 0.0128. The lowest BCUT2D eigenvalue weighted by molar-refractivity contribution is -0.447. The van der Waals surface area contributed by atoms with Gasteiger partial charge in [0.25, 0.3) is 0 Å². The monoisotopic (exact) mass is 602 g/mol. The second-order valence-corrected chi connectivity index (χ2v) is 14.1. The summed E-state index contributed by atoms with van der Waals surface area (Å²) in [6.07, 6.45) is 1.48. The van der Waals surface area contributed by atoms with Gasteiger partial charge in [0.05, 0.1) is 12.0 Å². The molecular weight excluding hydrogens is 560 g/mol. The van der Waals surface area contributed by atoms with Gasteiger partial charge in [0, 0.05) is 18.3 Å². The fourth-order valence-corrected chi connectivity index (χ4v) is 10.6. The van der Waals surface area contributed by atoms with Crippen molar-refractivity contribution >= 4 is 24.2 Å². The van der Waals surface area contributed by atoms with E-state index in [9.17, 15) is 24.3 Å². The summed E-state index contributed by atoms with van der Waals surface area (Å²) >= 11 is 0. The number of aliphatic carboxylic acids is 1. The highest BCUT2D eigenvalue weighted by atomic mass is 17.0. The molecule has 13 atom stereocenters. The molecule has 3 saturated carbocycles. The highest BCUT2D eigenvalue weighted by Crippen LogP contribution is 2.82. The van der Waals surface area contributed by atoms with E-state index in [0.29, 0.717) is 18.8 Å². The number of rotatable bonds is 10. The van der Waals surface area contributed by atoms with Crippen LogP contribution in [0.3, 0.4) is 0 Å². The average molecular weight is 603 g/mol. The average Bonchev–Trinajstić information content (AvgIpc) is 3.70. The molecule has 8 bridgehead atoms. The Balaban J connectivity index is 1.29. The second kappa shape index (κ2) is 9.58. The van der Waals surface area contributed by atoms with Crippen molar-refractivity contribution in [1.82, 2.24) is 0 Å². The number of carboxylic acid groups (broad SMARTS) is 1. The summed E-state index contributed by atoms with van der Waals surface area (Å²) in [5.74, 6) is -3.61. The number of allylic oxidation sites excluding steroid dienone is 1. The summed E-state index contributed by atoms with van der Waals surface area (Å²) in [6, 6.07) is 0. The molecule has 236 valence electrons. The summed E-state index contributed by atoms with van der Waals surface area (Å²) in [4.78, 5) is 52.0. The van der Waals surface area contributed by atoms with Gasteiger partial charge in [-0.2, -0.15) is 0 Å². The third-order valence-electron chi connectivity index (χ3n) is 12.2. The van der Waals surface area contributed by atoms with Crippen molar-refractivity contribution in [2.45, 2.75) is 110 Å². The van der Waals surface area contributed by atoms with Gasteiger partial charge in [0.15, 0.2) is 18.5 Å². The fourth-order valence-electron chi connectivity index (χ4n) is 10.6. The van der Waals surface area contributed by atoms with Gasteiger partial charge < -0.3 is 33.6 Å². The standard InChI is InChI=1S/C32H42O11/c1-6-21(34)39-23-24-26(40-22(35)7-2)32(42-25(23)27(41-24)43-32)38-14-30-12-18-16(5)8-9-19(18)29(13-33)11-17(30)10-20(15(3)4)31(29,30)28(36)37/h10,13,15-19,23-27H,6-9,11-12,14H2,1-5H3,(H,36,37). The maximum Gasteiger partial charge on any atom is 0.328 e. The van der Waals surface area contributed by atoms with Crippen LogP contribution in [0, 0.1) is 45.8 Å². The highest BCUT2D eigenvalue weighted by molar-refractivity contribution is 5.90. The molecule has 4 aliphatic heterocycles. The molecule has 11 heteroatoms. The number of carbonyl (C=O) groups excluding carboxylic acids is 3. The molecule has 7 fully saturated rings. The number of hydrogen-bond donors (Lipinski definition) is 1. The molecule has 0 aromatic carbocycles. The number of carboxylic acids is 1. The molecule has 0 spiro atoms. The number of hydrogen-bond acceptors (Lipinski definition) is 10. The molecule has 0 amide bonds. The Morgan fingerprint density at radius 3 is 2.44 bits per heavy atom. The lowest BCUT2D eigenvalue weighted by Gasteiger charge is -2.58. The van der Waals surface area contributed by atoms with Crippen LogP contribution in [0.5, 0.6) is 0 Å². The number of aldehydes is 1. The zero-order chi connectivity index (χ0) is 30.7. The van der Waals surface area contributed by atoms with E-state index in [0.717, 1.165) is 24.7 Å². The van der Waals surface area contributed by atoms with Crippen molar-refractivity contribution in [3.05, 3.63) is 11.6 Å². The summed E-state index contributed by atoms with van der Waals surface area (Å²) in [5, 5.41) is 11.3. The normalized spacial score (nSPS) is 49.7. The van der Waals surface area contributed by atoms with Gasteiger partial charge in [-0.3, -0.25) is 19.1 Å². The second-order valence-electron chi connectivity index (χ2n) is 14.1. The first-order valence-electron chi connectivity index (χ1n) is 15.9. The lowest BCUT2D eigenvalue weighted by atomic mass is 9.43. The van der Waals surface area contributed by atoms with Crippen LogP contribution >= 0.6 is 0 Å². The Hall–Kier alpha value is -2.34. The van der Waals surface area contributed by atoms with E-state index < -0.39 is 70.8 Å². The van der Waals surface area contributed by atoms with Crippen molar-refractivity contribution in [2.24, 2.45) is 45.8 Å². The molecule has 4 heterocycles. The Kier molecular flexibility index (Phi) is 6.54.